The largest absolute Gasteiger partial charge is 0.368 e. The van der Waals surface area contributed by atoms with Crippen molar-refractivity contribution in [2.45, 2.75) is 26.7 Å². The number of aryl methyl sites for hydroxylation is 1. The molecule has 0 aromatic carbocycles. The number of nitrogens with zero attached hydrogens (tertiary/aromatic N) is 4. The van der Waals surface area contributed by atoms with Crippen molar-refractivity contribution in [1.29, 1.82) is 0 Å². The first kappa shape index (κ1) is 15.0. The van der Waals surface area contributed by atoms with Crippen LogP contribution in [-0.4, -0.2) is 38.5 Å². The predicted octanol–water partition coefficient (Wildman–Crippen LogP) is 1.30. The van der Waals surface area contributed by atoms with E-state index < -0.39 is 0 Å². The van der Waals surface area contributed by atoms with Crippen LogP contribution in [0.3, 0.4) is 0 Å². The molecule has 2 aromatic rings. The number of hydrogen-bond acceptors (Lipinski definition) is 5. The smallest absolute Gasteiger partial charge is 0.220 e. The Kier molecular flexibility index (Phi) is 5.25. The summed E-state index contributed by atoms with van der Waals surface area (Å²) in [7, 11) is 0. The third kappa shape index (κ3) is 4.27. The average Bonchev–Trinajstić information content (AvgIpc) is 2.90. The van der Waals surface area contributed by atoms with Crippen molar-refractivity contribution in [3.05, 3.63) is 30.6 Å². The first-order chi connectivity index (χ1) is 10.2. The maximum atomic E-state index is 11.3. The van der Waals surface area contributed by atoms with Crippen molar-refractivity contribution in [1.82, 2.24) is 24.8 Å². The molecule has 0 saturated carbocycles. The Morgan fingerprint density at radius 1 is 1.29 bits per heavy atom. The number of nitrogens with one attached hydrogen (secondary N) is 2. The highest BCUT2D eigenvalue weighted by Gasteiger charge is 2.04. The number of hydrogen-bond donors (Lipinski definition) is 2. The number of carbonyl (C=O) groups is 1. The van der Waals surface area contributed by atoms with Crippen LogP contribution >= 0.6 is 0 Å². The number of carbonyl (C=O) groups excluding carboxylic acids is 1. The van der Waals surface area contributed by atoms with Crippen LogP contribution in [0.4, 0.5) is 5.82 Å². The Morgan fingerprint density at radius 3 is 2.86 bits per heavy atom. The van der Waals surface area contributed by atoms with Gasteiger partial charge in [0.05, 0.1) is 0 Å². The molecule has 0 spiro atoms. The van der Waals surface area contributed by atoms with Crippen molar-refractivity contribution >= 4 is 11.7 Å². The van der Waals surface area contributed by atoms with Crippen molar-refractivity contribution in [3.8, 4) is 5.82 Å². The SMILES string of the molecule is CCCC(=O)NCCNc1cc(-n2ccnc2C)ncn1. The lowest BCUT2D eigenvalue weighted by Crippen LogP contribution is -2.28. The van der Waals surface area contributed by atoms with E-state index in [0.29, 0.717) is 19.5 Å². The summed E-state index contributed by atoms with van der Waals surface area (Å²) < 4.78 is 1.88. The van der Waals surface area contributed by atoms with E-state index in [-0.39, 0.29) is 5.91 Å². The lowest BCUT2D eigenvalue weighted by molar-refractivity contribution is -0.121. The maximum Gasteiger partial charge on any atom is 0.220 e. The average molecular weight is 288 g/mol. The molecular weight excluding hydrogens is 268 g/mol. The fourth-order valence-electron chi connectivity index (χ4n) is 1.90. The van der Waals surface area contributed by atoms with Crippen molar-refractivity contribution in [3.63, 3.8) is 0 Å². The van der Waals surface area contributed by atoms with Gasteiger partial charge in [0.1, 0.15) is 23.8 Å². The first-order valence-electron chi connectivity index (χ1n) is 7.03. The zero-order valence-electron chi connectivity index (χ0n) is 12.3. The maximum absolute atomic E-state index is 11.3. The summed E-state index contributed by atoms with van der Waals surface area (Å²) in [5.41, 5.74) is 0. The Morgan fingerprint density at radius 2 is 2.14 bits per heavy atom. The van der Waals surface area contributed by atoms with Gasteiger partial charge in [0, 0.05) is 38.0 Å². The molecule has 2 N–H and O–H groups in total. The molecule has 0 aliphatic carbocycles. The highest BCUT2D eigenvalue weighted by Crippen LogP contribution is 2.10. The predicted molar refractivity (Wildman–Crippen MR) is 80.3 cm³/mol. The van der Waals surface area contributed by atoms with E-state index in [1.54, 1.807) is 6.20 Å². The molecule has 0 unspecified atom stereocenters. The zero-order valence-corrected chi connectivity index (χ0v) is 12.3. The van der Waals surface area contributed by atoms with E-state index in [0.717, 1.165) is 23.9 Å². The van der Waals surface area contributed by atoms with Gasteiger partial charge in [-0.05, 0) is 13.3 Å². The monoisotopic (exact) mass is 288 g/mol. The van der Waals surface area contributed by atoms with E-state index >= 15 is 0 Å². The molecule has 0 atom stereocenters. The van der Waals surface area contributed by atoms with Gasteiger partial charge in [-0.25, -0.2) is 15.0 Å². The van der Waals surface area contributed by atoms with Crippen LogP contribution in [-0.2, 0) is 4.79 Å². The van der Waals surface area contributed by atoms with Crippen LogP contribution < -0.4 is 10.6 Å². The van der Waals surface area contributed by atoms with E-state index in [9.17, 15) is 4.79 Å². The zero-order chi connectivity index (χ0) is 15.1. The van der Waals surface area contributed by atoms with Gasteiger partial charge in [0.15, 0.2) is 0 Å². The van der Waals surface area contributed by atoms with Crippen LogP contribution in [0, 0.1) is 6.92 Å². The van der Waals surface area contributed by atoms with Crippen LogP contribution in [0.15, 0.2) is 24.8 Å². The molecule has 0 aliphatic heterocycles. The van der Waals surface area contributed by atoms with Crippen molar-refractivity contribution < 1.29 is 4.79 Å². The second-order valence-corrected chi connectivity index (χ2v) is 4.63. The normalized spacial score (nSPS) is 10.4. The second kappa shape index (κ2) is 7.37. The number of anilines is 1. The molecule has 0 bridgehead atoms. The van der Waals surface area contributed by atoms with Crippen LogP contribution in [0.1, 0.15) is 25.6 Å². The van der Waals surface area contributed by atoms with Gasteiger partial charge in [-0.3, -0.25) is 9.36 Å². The fraction of sp³-hybridized carbons (Fsp3) is 0.429. The fourth-order valence-corrected chi connectivity index (χ4v) is 1.90. The second-order valence-electron chi connectivity index (χ2n) is 4.63. The topological polar surface area (TPSA) is 84.7 Å². The number of aromatic nitrogens is 4. The summed E-state index contributed by atoms with van der Waals surface area (Å²) in [5.74, 6) is 2.43. The number of imidazole rings is 1. The minimum absolute atomic E-state index is 0.0803. The molecule has 2 aromatic heterocycles. The lowest BCUT2D eigenvalue weighted by Gasteiger charge is -2.09. The summed E-state index contributed by atoms with van der Waals surface area (Å²) in [4.78, 5) is 23.9. The summed E-state index contributed by atoms with van der Waals surface area (Å²) in [6, 6.07) is 1.85. The third-order valence-electron chi connectivity index (χ3n) is 2.96. The summed E-state index contributed by atoms with van der Waals surface area (Å²) >= 11 is 0. The molecule has 21 heavy (non-hydrogen) atoms. The minimum Gasteiger partial charge on any atom is -0.368 e. The van der Waals surface area contributed by atoms with Crippen molar-refractivity contribution in [2.75, 3.05) is 18.4 Å². The Bertz CT molecular complexity index is 595. The van der Waals surface area contributed by atoms with Crippen LogP contribution in [0.5, 0.6) is 0 Å². The van der Waals surface area contributed by atoms with E-state index in [2.05, 4.69) is 25.6 Å². The van der Waals surface area contributed by atoms with Gasteiger partial charge in [-0.2, -0.15) is 0 Å². The van der Waals surface area contributed by atoms with E-state index in [1.807, 2.05) is 30.7 Å². The summed E-state index contributed by atoms with van der Waals surface area (Å²) in [6.07, 6.45) is 6.52. The Balaban J connectivity index is 1.87. The van der Waals surface area contributed by atoms with Crippen LogP contribution in [0.2, 0.25) is 0 Å². The lowest BCUT2D eigenvalue weighted by atomic mass is 10.3. The molecule has 0 radical (unpaired) electrons. The first-order valence-corrected chi connectivity index (χ1v) is 7.03. The minimum atomic E-state index is 0.0803. The molecule has 7 heteroatoms. The molecule has 112 valence electrons. The molecule has 0 aliphatic rings. The van der Waals surface area contributed by atoms with Gasteiger partial charge in [0.25, 0.3) is 0 Å². The van der Waals surface area contributed by atoms with Crippen molar-refractivity contribution in [2.24, 2.45) is 0 Å². The molecule has 0 fully saturated rings. The van der Waals surface area contributed by atoms with Gasteiger partial charge >= 0.3 is 0 Å². The molecule has 7 nitrogen and oxygen atoms in total. The van der Waals surface area contributed by atoms with Gasteiger partial charge in [-0.15, -0.1) is 0 Å². The van der Waals surface area contributed by atoms with Gasteiger partial charge in [0.2, 0.25) is 5.91 Å². The molecule has 0 saturated heterocycles. The summed E-state index contributed by atoms with van der Waals surface area (Å²) in [6.45, 7) is 5.09. The van der Waals surface area contributed by atoms with Gasteiger partial charge < -0.3 is 10.6 Å². The quantitative estimate of drug-likeness (QED) is 0.750. The Hall–Kier alpha value is -2.44. The third-order valence-corrected chi connectivity index (χ3v) is 2.96. The number of rotatable bonds is 7. The number of amides is 1. The molecule has 1 amide bonds. The molecule has 2 heterocycles. The Labute approximate surface area is 123 Å². The molecule has 2 rings (SSSR count). The van der Waals surface area contributed by atoms with E-state index in [1.165, 1.54) is 6.33 Å². The van der Waals surface area contributed by atoms with Gasteiger partial charge in [-0.1, -0.05) is 6.92 Å². The van der Waals surface area contributed by atoms with Crippen LogP contribution in [0.25, 0.3) is 5.82 Å². The standard InChI is InChI=1S/C14H20N6O/c1-3-4-14(21)17-6-5-16-12-9-13(19-10-18-12)20-8-7-15-11(20)2/h7-10H,3-6H2,1-2H3,(H,17,21)(H,16,18,19). The highest BCUT2D eigenvalue weighted by atomic mass is 16.1. The molecular formula is C14H20N6O. The van der Waals surface area contributed by atoms with E-state index in [4.69, 9.17) is 0 Å². The summed E-state index contributed by atoms with van der Waals surface area (Å²) in [5, 5.41) is 6.01. The highest BCUT2D eigenvalue weighted by molar-refractivity contribution is 5.75.